The normalized spacial score (nSPS) is 16.2. The Bertz CT molecular complexity index is 2040. The van der Waals surface area contributed by atoms with Gasteiger partial charge in [-0.3, -0.25) is 20.4 Å². The predicted molar refractivity (Wildman–Crippen MR) is 212 cm³/mol. The SMILES string of the molecule is C=O.C=O.C=O.CC.CC(c1ccccc1)(c1ccc(Oc2cccc3c2C=CC(=N)C3=O)cc1)c1ccc(OC2CCCC3=C2C=CC(=N)C3=O)cc1. The molecule has 0 saturated carbocycles. The molecule has 2 atom stereocenters. The predicted octanol–water partition coefficient (Wildman–Crippen LogP) is 8.92. The molecule has 0 amide bonds. The van der Waals surface area contributed by atoms with E-state index in [0.717, 1.165) is 40.9 Å². The van der Waals surface area contributed by atoms with Crippen LogP contribution in [0.4, 0.5) is 0 Å². The standard InChI is InChI=1S/C40H32N2O4.C2H6.3CH2O/c1-40(25-7-3-2-4-8-25,26-13-17-28(18-14-26)45-36-11-5-9-32-30(36)21-23-34(41)38(32)43)27-15-19-29(20-16-27)46-37-12-6-10-33-31(37)22-24-35(42)39(33)44;4*1-2/h2-5,7-9,11,13-24,37,41-42H,6,10,12H2,1H3;1-2H3;3*1H2. The molecule has 2 N–H and O–H groups in total. The lowest BCUT2D eigenvalue weighted by Crippen LogP contribution is -2.30. The zero-order chi connectivity index (χ0) is 39.8. The summed E-state index contributed by atoms with van der Waals surface area (Å²) in [7, 11) is 0. The van der Waals surface area contributed by atoms with E-state index < -0.39 is 5.41 Å². The molecule has 276 valence electrons. The van der Waals surface area contributed by atoms with Gasteiger partial charge in [0.15, 0.2) is 0 Å². The second-order valence-electron chi connectivity index (χ2n) is 11.9. The maximum absolute atomic E-state index is 12.6. The molecule has 7 rings (SSSR count). The molecule has 0 aliphatic heterocycles. The summed E-state index contributed by atoms with van der Waals surface area (Å²) in [6.07, 6.45) is 8.85. The topological polar surface area (TPSA) is 152 Å². The zero-order valence-corrected chi connectivity index (χ0v) is 30.7. The van der Waals surface area contributed by atoms with Crippen LogP contribution in [0.5, 0.6) is 17.2 Å². The summed E-state index contributed by atoms with van der Waals surface area (Å²) in [5.41, 5.74) is 5.57. The van der Waals surface area contributed by atoms with Crippen molar-refractivity contribution in [2.24, 2.45) is 0 Å². The second kappa shape index (κ2) is 19.8. The number of fused-ring (bicyclic) bond motifs is 1. The molecular formula is C45H44N2O7. The highest BCUT2D eigenvalue weighted by molar-refractivity contribution is 6.51. The van der Waals surface area contributed by atoms with Gasteiger partial charge in [0.1, 0.15) is 55.1 Å². The van der Waals surface area contributed by atoms with Gasteiger partial charge in [0.2, 0.25) is 11.6 Å². The van der Waals surface area contributed by atoms with E-state index in [4.69, 9.17) is 34.7 Å². The molecule has 9 heteroatoms. The van der Waals surface area contributed by atoms with Gasteiger partial charge in [-0.05, 0) is 97.0 Å². The number of Topliss-reactive ketones (excluding diaryl/α,β-unsaturated/α-hetero) is 2. The number of benzene rings is 4. The third-order valence-electron chi connectivity index (χ3n) is 9.23. The zero-order valence-electron chi connectivity index (χ0n) is 30.7. The van der Waals surface area contributed by atoms with Crippen LogP contribution in [-0.4, -0.2) is 49.5 Å². The number of hydrogen-bond donors (Lipinski definition) is 2. The van der Waals surface area contributed by atoms with E-state index in [1.54, 1.807) is 24.3 Å². The quantitative estimate of drug-likeness (QED) is 0.143. The largest absolute Gasteiger partial charge is 0.486 e. The molecular weight excluding hydrogens is 681 g/mol. The third kappa shape index (κ3) is 8.70. The Labute approximate surface area is 316 Å². The Hall–Kier alpha value is -6.61. The van der Waals surface area contributed by atoms with Crippen molar-refractivity contribution in [2.45, 2.75) is 51.6 Å². The van der Waals surface area contributed by atoms with Crippen molar-refractivity contribution >= 4 is 49.4 Å². The Balaban J connectivity index is 0.000000921. The number of ether oxygens (including phenoxy) is 2. The van der Waals surface area contributed by atoms with Crippen LogP contribution in [0.25, 0.3) is 6.08 Å². The van der Waals surface area contributed by atoms with Gasteiger partial charge in [-0.25, -0.2) is 0 Å². The number of allylic oxidation sites excluding steroid dienone is 3. The van der Waals surface area contributed by atoms with Crippen LogP contribution in [0.15, 0.2) is 126 Å². The van der Waals surface area contributed by atoms with Crippen molar-refractivity contribution in [1.29, 1.82) is 10.8 Å². The van der Waals surface area contributed by atoms with Crippen LogP contribution in [0.3, 0.4) is 0 Å². The van der Waals surface area contributed by atoms with Crippen LogP contribution in [-0.2, 0) is 24.6 Å². The van der Waals surface area contributed by atoms with Gasteiger partial charge in [0.05, 0.1) is 0 Å². The summed E-state index contributed by atoms with van der Waals surface area (Å²) in [5.74, 6) is 1.45. The van der Waals surface area contributed by atoms with Gasteiger partial charge in [0, 0.05) is 22.1 Å². The highest BCUT2D eigenvalue weighted by Crippen LogP contribution is 2.41. The molecule has 0 saturated heterocycles. The Morgan fingerprint density at radius 2 is 1.17 bits per heavy atom. The van der Waals surface area contributed by atoms with E-state index >= 15 is 0 Å². The maximum atomic E-state index is 12.6. The van der Waals surface area contributed by atoms with E-state index in [1.807, 2.05) is 88.8 Å². The number of hydrogen-bond acceptors (Lipinski definition) is 9. The summed E-state index contributed by atoms with van der Waals surface area (Å²) in [4.78, 5) is 49.0. The number of ketones is 2. The minimum atomic E-state index is -0.487. The molecule has 0 bridgehead atoms. The maximum Gasteiger partial charge on any atom is 0.211 e. The summed E-state index contributed by atoms with van der Waals surface area (Å²) in [6, 6.07) is 31.9. The molecule has 54 heavy (non-hydrogen) atoms. The van der Waals surface area contributed by atoms with Crippen LogP contribution >= 0.6 is 0 Å². The number of rotatable bonds is 7. The number of nitrogens with one attached hydrogen (secondary N) is 2. The van der Waals surface area contributed by atoms with Crippen molar-refractivity contribution in [3.8, 4) is 17.2 Å². The molecule has 0 spiro atoms. The minimum Gasteiger partial charge on any atom is -0.486 e. The van der Waals surface area contributed by atoms with Gasteiger partial charge < -0.3 is 23.9 Å². The third-order valence-corrected chi connectivity index (χ3v) is 9.23. The molecule has 0 fully saturated rings. The fourth-order valence-electron chi connectivity index (χ4n) is 6.62. The Morgan fingerprint density at radius 3 is 1.78 bits per heavy atom. The van der Waals surface area contributed by atoms with E-state index in [-0.39, 0.29) is 29.1 Å². The van der Waals surface area contributed by atoms with E-state index in [0.29, 0.717) is 34.6 Å². The lowest BCUT2D eigenvalue weighted by molar-refractivity contribution is -0.110. The van der Waals surface area contributed by atoms with Crippen molar-refractivity contribution in [3.63, 3.8) is 0 Å². The molecule has 0 heterocycles. The Morgan fingerprint density at radius 1 is 0.630 bits per heavy atom. The smallest absolute Gasteiger partial charge is 0.211 e. The number of carbonyl (C=O) groups is 5. The molecule has 4 aromatic carbocycles. The first kappa shape index (κ1) is 41.8. The van der Waals surface area contributed by atoms with E-state index in [1.165, 1.54) is 6.08 Å². The lowest BCUT2D eigenvalue weighted by atomic mass is 9.71. The first-order valence-electron chi connectivity index (χ1n) is 17.3. The molecule has 2 unspecified atom stereocenters. The second-order valence-corrected chi connectivity index (χ2v) is 11.9. The molecule has 0 aromatic heterocycles. The highest BCUT2D eigenvalue weighted by Gasteiger charge is 2.33. The Kier molecular flexibility index (Phi) is 15.4. The van der Waals surface area contributed by atoms with Crippen LogP contribution in [0.1, 0.15) is 72.6 Å². The fraction of sp³-hybridized carbons (Fsp3) is 0.178. The van der Waals surface area contributed by atoms with Crippen LogP contribution < -0.4 is 9.47 Å². The first-order valence-corrected chi connectivity index (χ1v) is 17.3. The highest BCUT2D eigenvalue weighted by atomic mass is 16.5. The average molecular weight is 725 g/mol. The molecule has 0 radical (unpaired) electrons. The summed E-state index contributed by atoms with van der Waals surface area (Å²) in [6.45, 7) is 12.2. The lowest BCUT2D eigenvalue weighted by Gasteiger charge is -2.32. The van der Waals surface area contributed by atoms with Crippen molar-refractivity contribution in [3.05, 3.63) is 154 Å². The van der Waals surface area contributed by atoms with E-state index in [2.05, 4.69) is 43.3 Å². The van der Waals surface area contributed by atoms with Crippen molar-refractivity contribution < 1.29 is 33.4 Å². The molecule has 3 aliphatic rings. The average Bonchev–Trinajstić information content (AvgIpc) is 3.24. The fourth-order valence-corrected chi connectivity index (χ4v) is 6.62. The van der Waals surface area contributed by atoms with E-state index in [9.17, 15) is 9.59 Å². The van der Waals surface area contributed by atoms with Crippen molar-refractivity contribution in [2.75, 3.05) is 0 Å². The minimum absolute atomic E-state index is 0.0330. The molecule has 3 aliphatic carbocycles. The number of carbonyl (C=O) groups excluding carboxylic acids is 5. The summed E-state index contributed by atoms with van der Waals surface area (Å²) >= 11 is 0. The van der Waals surface area contributed by atoms with Gasteiger partial charge in [-0.15, -0.1) is 0 Å². The van der Waals surface area contributed by atoms with Crippen molar-refractivity contribution in [1.82, 2.24) is 0 Å². The van der Waals surface area contributed by atoms with Gasteiger partial charge >= 0.3 is 0 Å². The van der Waals surface area contributed by atoms with Gasteiger partial charge in [-0.2, -0.15) is 0 Å². The van der Waals surface area contributed by atoms with Gasteiger partial charge in [-0.1, -0.05) is 86.7 Å². The molecule has 9 nitrogen and oxygen atoms in total. The van der Waals surface area contributed by atoms with Crippen LogP contribution in [0, 0.1) is 10.8 Å². The van der Waals surface area contributed by atoms with Gasteiger partial charge in [0.25, 0.3) is 0 Å². The van der Waals surface area contributed by atoms with Crippen LogP contribution in [0.2, 0.25) is 0 Å². The molecule has 4 aromatic rings. The summed E-state index contributed by atoms with van der Waals surface area (Å²) in [5, 5.41) is 15.7. The summed E-state index contributed by atoms with van der Waals surface area (Å²) < 4.78 is 12.7. The first-order chi connectivity index (χ1) is 26.3. The monoisotopic (exact) mass is 724 g/mol.